The van der Waals surface area contributed by atoms with Crippen LogP contribution in [-0.2, 0) is 0 Å². The molecule has 0 atom stereocenters. The minimum atomic E-state index is -4.37. The molecular formula is C9H5ClF3NOS. The third-order valence-electron chi connectivity index (χ3n) is 1.79. The van der Waals surface area contributed by atoms with Gasteiger partial charge in [0.2, 0.25) is 0 Å². The summed E-state index contributed by atoms with van der Waals surface area (Å²) in [5.74, 6) is 0.0238. The molecule has 0 bridgehead atoms. The van der Waals surface area contributed by atoms with E-state index in [0.29, 0.717) is 10.2 Å². The molecule has 0 radical (unpaired) electrons. The van der Waals surface area contributed by atoms with Gasteiger partial charge in [-0.2, -0.15) is 13.2 Å². The van der Waals surface area contributed by atoms with E-state index in [4.69, 9.17) is 11.6 Å². The van der Waals surface area contributed by atoms with E-state index in [1.807, 2.05) is 0 Å². The van der Waals surface area contributed by atoms with Crippen LogP contribution in [-0.4, -0.2) is 17.8 Å². The normalized spacial score (nSPS) is 12.0. The van der Waals surface area contributed by atoms with Crippen molar-refractivity contribution < 1.29 is 17.9 Å². The fourth-order valence-corrected chi connectivity index (χ4v) is 2.21. The van der Waals surface area contributed by atoms with E-state index in [-0.39, 0.29) is 10.8 Å². The summed E-state index contributed by atoms with van der Waals surface area (Å²) >= 11 is 7.15. The summed E-state index contributed by atoms with van der Waals surface area (Å²) in [7, 11) is 0. The van der Waals surface area contributed by atoms with Crippen molar-refractivity contribution in [3.05, 3.63) is 22.7 Å². The summed E-state index contributed by atoms with van der Waals surface area (Å²) in [5, 5.41) is 0.171. The Kier molecular flexibility index (Phi) is 2.94. The van der Waals surface area contributed by atoms with Gasteiger partial charge >= 0.3 is 6.18 Å². The Morgan fingerprint density at radius 2 is 2.12 bits per heavy atom. The number of fused-ring (bicyclic) bond motifs is 1. The first kappa shape index (κ1) is 11.5. The summed E-state index contributed by atoms with van der Waals surface area (Å²) < 4.78 is 41.1. The van der Waals surface area contributed by atoms with Gasteiger partial charge in [-0.25, -0.2) is 4.98 Å². The predicted octanol–water partition coefficient (Wildman–Crippen LogP) is 3.89. The zero-order valence-corrected chi connectivity index (χ0v) is 9.29. The van der Waals surface area contributed by atoms with Crippen molar-refractivity contribution in [3.63, 3.8) is 0 Å². The van der Waals surface area contributed by atoms with E-state index < -0.39 is 12.8 Å². The van der Waals surface area contributed by atoms with Crippen molar-refractivity contribution in [2.45, 2.75) is 6.18 Å². The maximum atomic E-state index is 11.9. The van der Waals surface area contributed by atoms with Gasteiger partial charge in [-0.05, 0) is 12.1 Å². The first-order chi connectivity index (χ1) is 7.47. The van der Waals surface area contributed by atoms with E-state index in [2.05, 4.69) is 9.72 Å². The van der Waals surface area contributed by atoms with E-state index in [1.54, 1.807) is 11.6 Å². The molecule has 1 aromatic carbocycles. The number of hydrogen-bond donors (Lipinski definition) is 0. The van der Waals surface area contributed by atoms with E-state index in [1.165, 1.54) is 17.4 Å². The molecule has 0 aliphatic rings. The molecule has 0 unspecified atom stereocenters. The van der Waals surface area contributed by atoms with Gasteiger partial charge in [0.05, 0.1) is 15.7 Å². The maximum Gasteiger partial charge on any atom is 0.422 e. The second kappa shape index (κ2) is 4.10. The molecule has 0 saturated heterocycles. The second-order valence-electron chi connectivity index (χ2n) is 2.98. The largest absolute Gasteiger partial charge is 0.483 e. The summed E-state index contributed by atoms with van der Waals surface area (Å²) in [4.78, 5) is 3.99. The second-order valence-corrected chi connectivity index (χ2v) is 4.21. The summed E-state index contributed by atoms with van der Waals surface area (Å²) in [6.07, 6.45) is -4.37. The Morgan fingerprint density at radius 1 is 1.38 bits per heavy atom. The number of nitrogens with zero attached hydrogens (tertiary/aromatic N) is 1. The van der Waals surface area contributed by atoms with Crippen LogP contribution in [0.15, 0.2) is 17.6 Å². The summed E-state index contributed by atoms with van der Waals surface area (Å²) in [6.45, 7) is -1.35. The number of thiazole rings is 1. The topological polar surface area (TPSA) is 22.1 Å². The van der Waals surface area contributed by atoms with Crippen LogP contribution in [0.1, 0.15) is 0 Å². The van der Waals surface area contributed by atoms with Gasteiger partial charge in [-0.3, -0.25) is 0 Å². The summed E-state index contributed by atoms with van der Waals surface area (Å²) in [5.41, 5.74) is 2.22. The fourth-order valence-electron chi connectivity index (χ4n) is 1.15. The Bertz CT molecular complexity index is 511. The molecule has 0 fully saturated rings. The average molecular weight is 268 g/mol. The number of ether oxygens (including phenoxy) is 1. The molecule has 86 valence electrons. The molecule has 7 heteroatoms. The highest BCUT2D eigenvalue weighted by atomic mass is 35.5. The quantitative estimate of drug-likeness (QED) is 0.823. The number of alkyl halides is 3. The van der Waals surface area contributed by atoms with Crippen molar-refractivity contribution >= 4 is 33.2 Å². The fraction of sp³-hybridized carbons (Fsp3) is 0.222. The molecule has 16 heavy (non-hydrogen) atoms. The van der Waals surface area contributed by atoms with E-state index >= 15 is 0 Å². The smallest absolute Gasteiger partial charge is 0.422 e. The van der Waals surface area contributed by atoms with Crippen LogP contribution < -0.4 is 4.74 Å². The van der Waals surface area contributed by atoms with Crippen molar-refractivity contribution in [1.82, 2.24) is 4.98 Å². The van der Waals surface area contributed by atoms with Gasteiger partial charge in [0.15, 0.2) is 6.61 Å². The lowest BCUT2D eigenvalue weighted by atomic mass is 10.3. The maximum absolute atomic E-state index is 11.9. The van der Waals surface area contributed by atoms with Crippen LogP contribution in [0.4, 0.5) is 13.2 Å². The monoisotopic (exact) mass is 267 g/mol. The third kappa shape index (κ3) is 2.38. The SMILES string of the molecule is FC(F)(F)COc1ccc2ncsc2c1Cl. The Morgan fingerprint density at radius 3 is 2.81 bits per heavy atom. The molecule has 1 heterocycles. The van der Waals surface area contributed by atoms with Gasteiger partial charge in [-0.1, -0.05) is 11.6 Å². The minimum Gasteiger partial charge on any atom is -0.483 e. The molecule has 0 aliphatic carbocycles. The lowest BCUT2D eigenvalue weighted by Gasteiger charge is -2.10. The van der Waals surface area contributed by atoms with Crippen LogP contribution in [0, 0.1) is 0 Å². The highest BCUT2D eigenvalue weighted by Crippen LogP contribution is 2.35. The van der Waals surface area contributed by atoms with Gasteiger partial charge in [0, 0.05) is 0 Å². The highest BCUT2D eigenvalue weighted by molar-refractivity contribution is 7.17. The van der Waals surface area contributed by atoms with Crippen molar-refractivity contribution in [3.8, 4) is 5.75 Å². The molecule has 2 rings (SSSR count). The van der Waals surface area contributed by atoms with Crippen LogP contribution in [0.5, 0.6) is 5.75 Å². The first-order valence-electron chi connectivity index (χ1n) is 4.18. The van der Waals surface area contributed by atoms with Gasteiger partial charge in [0.1, 0.15) is 10.8 Å². The molecule has 1 aromatic heterocycles. The molecule has 0 saturated carbocycles. The van der Waals surface area contributed by atoms with Crippen LogP contribution >= 0.6 is 22.9 Å². The van der Waals surface area contributed by atoms with Crippen LogP contribution in [0.25, 0.3) is 10.2 Å². The average Bonchev–Trinajstić information content (AvgIpc) is 2.64. The Hall–Kier alpha value is -1.01. The standard InChI is InChI=1S/C9H5ClF3NOS/c10-7-6(15-3-9(11,12)13)2-1-5-8(7)16-4-14-5/h1-2,4H,3H2. The molecule has 0 spiro atoms. The third-order valence-corrected chi connectivity index (χ3v) is 3.14. The number of benzene rings is 1. The molecule has 0 aliphatic heterocycles. The lowest BCUT2D eigenvalue weighted by molar-refractivity contribution is -0.153. The van der Waals surface area contributed by atoms with Gasteiger partial charge < -0.3 is 4.74 Å². The zero-order valence-electron chi connectivity index (χ0n) is 7.71. The van der Waals surface area contributed by atoms with Crippen molar-refractivity contribution in [2.75, 3.05) is 6.61 Å². The number of rotatable bonds is 2. The number of aromatic nitrogens is 1. The van der Waals surface area contributed by atoms with Crippen molar-refractivity contribution in [2.24, 2.45) is 0 Å². The van der Waals surface area contributed by atoms with Gasteiger partial charge in [-0.15, -0.1) is 11.3 Å². The predicted molar refractivity (Wildman–Crippen MR) is 56.2 cm³/mol. The zero-order chi connectivity index (χ0) is 11.8. The van der Waals surface area contributed by atoms with Crippen LogP contribution in [0.3, 0.4) is 0 Å². The van der Waals surface area contributed by atoms with Crippen LogP contribution in [0.2, 0.25) is 5.02 Å². The number of hydrogen-bond acceptors (Lipinski definition) is 3. The Balaban J connectivity index is 2.28. The molecular weight excluding hydrogens is 263 g/mol. The van der Waals surface area contributed by atoms with Gasteiger partial charge in [0.25, 0.3) is 0 Å². The van der Waals surface area contributed by atoms with E-state index in [9.17, 15) is 13.2 Å². The molecule has 2 aromatic rings. The minimum absolute atomic E-state index is 0.0238. The van der Waals surface area contributed by atoms with Crippen molar-refractivity contribution in [1.29, 1.82) is 0 Å². The molecule has 0 amide bonds. The number of halogens is 4. The first-order valence-corrected chi connectivity index (χ1v) is 5.44. The lowest BCUT2D eigenvalue weighted by Crippen LogP contribution is -2.19. The molecule has 0 N–H and O–H groups in total. The summed E-state index contributed by atoms with van der Waals surface area (Å²) in [6, 6.07) is 2.96. The highest BCUT2D eigenvalue weighted by Gasteiger charge is 2.29. The van der Waals surface area contributed by atoms with E-state index in [0.717, 1.165) is 0 Å². The molecule has 2 nitrogen and oxygen atoms in total. The Labute approximate surface area is 97.6 Å².